The molecule has 1 aromatic carbocycles. The highest BCUT2D eigenvalue weighted by molar-refractivity contribution is 9.10. The van der Waals surface area contributed by atoms with E-state index in [0.29, 0.717) is 6.61 Å². The molecule has 0 saturated heterocycles. The molecule has 0 fully saturated rings. The van der Waals surface area contributed by atoms with E-state index in [-0.39, 0.29) is 0 Å². The van der Waals surface area contributed by atoms with Gasteiger partial charge in [0.2, 0.25) is 0 Å². The lowest BCUT2D eigenvalue weighted by Gasteiger charge is -2.04. The number of benzene rings is 1. The molecule has 1 N–H and O–H groups in total. The van der Waals surface area contributed by atoms with Crippen LogP contribution in [-0.2, 0) is 0 Å². The molecule has 76 valence electrons. The molecule has 0 radical (unpaired) electrons. The third-order valence-corrected chi connectivity index (χ3v) is 2.32. The van der Waals surface area contributed by atoms with Gasteiger partial charge in [0.15, 0.2) is 0 Å². The van der Waals surface area contributed by atoms with Crippen LogP contribution in [0.3, 0.4) is 0 Å². The van der Waals surface area contributed by atoms with Crippen LogP contribution >= 0.6 is 15.9 Å². The summed E-state index contributed by atoms with van der Waals surface area (Å²) in [5, 5.41) is 3.03. The van der Waals surface area contributed by atoms with Crippen molar-refractivity contribution >= 4 is 15.9 Å². The van der Waals surface area contributed by atoms with Crippen LogP contribution in [0.1, 0.15) is 0 Å². The summed E-state index contributed by atoms with van der Waals surface area (Å²) < 4.78 is 6.51. The van der Waals surface area contributed by atoms with Crippen LogP contribution in [0.5, 0.6) is 5.75 Å². The maximum Gasteiger partial charge on any atom is 0.133 e. The lowest BCUT2D eigenvalue weighted by Crippen LogP contribution is -2.04. The molecule has 3 heteroatoms. The number of ether oxygens (including phenoxy) is 1. The Hall–Kier alpha value is -0.800. The van der Waals surface area contributed by atoms with E-state index in [2.05, 4.69) is 21.2 Å². The monoisotopic (exact) mass is 255 g/mol. The third kappa shape index (κ3) is 3.94. The first-order chi connectivity index (χ1) is 6.84. The fraction of sp³-hybridized carbons (Fsp3) is 0.273. The van der Waals surface area contributed by atoms with Crippen molar-refractivity contribution in [2.75, 3.05) is 20.2 Å². The van der Waals surface area contributed by atoms with Gasteiger partial charge in [-0.2, -0.15) is 0 Å². The van der Waals surface area contributed by atoms with E-state index in [1.54, 1.807) is 0 Å². The summed E-state index contributed by atoms with van der Waals surface area (Å²) in [7, 11) is 1.92. The van der Waals surface area contributed by atoms with Gasteiger partial charge in [-0.1, -0.05) is 24.3 Å². The minimum absolute atomic E-state index is 0.601. The smallest absolute Gasteiger partial charge is 0.133 e. The van der Waals surface area contributed by atoms with E-state index in [9.17, 15) is 0 Å². The summed E-state index contributed by atoms with van der Waals surface area (Å²) in [4.78, 5) is 0. The van der Waals surface area contributed by atoms with Gasteiger partial charge in [0, 0.05) is 6.54 Å². The summed E-state index contributed by atoms with van der Waals surface area (Å²) in [6, 6.07) is 7.83. The second kappa shape index (κ2) is 6.62. The minimum atomic E-state index is 0.601. The predicted molar refractivity (Wildman–Crippen MR) is 62.7 cm³/mol. The number of likely N-dealkylation sites (N-methyl/N-ethyl adjacent to an activating group) is 1. The average Bonchev–Trinajstić information content (AvgIpc) is 2.20. The molecule has 14 heavy (non-hydrogen) atoms. The molecule has 0 aliphatic heterocycles. The predicted octanol–water partition coefficient (Wildman–Crippen LogP) is 2.60. The summed E-state index contributed by atoms with van der Waals surface area (Å²) in [6.45, 7) is 1.48. The van der Waals surface area contributed by atoms with Crippen LogP contribution in [0.15, 0.2) is 40.9 Å². The van der Waals surface area contributed by atoms with Crippen molar-refractivity contribution in [3.05, 3.63) is 40.9 Å². The molecule has 2 nitrogen and oxygen atoms in total. The first-order valence-corrected chi connectivity index (χ1v) is 5.31. The highest BCUT2D eigenvalue weighted by atomic mass is 79.9. The molecule has 0 heterocycles. The second-order valence-corrected chi connectivity index (χ2v) is 3.62. The van der Waals surface area contributed by atoms with E-state index in [4.69, 9.17) is 4.74 Å². The molecule has 1 aromatic rings. The molecule has 0 atom stereocenters. The molecule has 1 rings (SSSR count). The Morgan fingerprint density at radius 3 is 2.86 bits per heavy atom. The molecule has 0 amide bonds. The Balaban J connectivity index is 2.35. The molecular formula is C11H14BrNO. The van der Waals surface area contributed by atoms with Crippen molar-refractivity contribution in [2.24, 2.45) is 0 Å². The van der Waals surface area contributed by atoms with Gasteiger partial charge in [0.25, 0.3) is 0 Å². The molecule has 0 unspecified atom stereocenters. The zero-order valence-electron chi connectivity index (χ0n) is 8.16. The lowest BCUT2D eigenvalue weighted by molar-refractivity contribution is 0.360. The van der Waals surface area contributed by atoms with Crippen LogP contribution < -0.4 is 10.1 Å². The Bertz CT molecular complexity index is 299. The zero-order valence-corrected chi connectivity index (χ0v) is 9.75. The molecule has 0 aromatic heterocycles. The highest BCUT2D eigenvalue weighted by Gasteiger charge is 1.95. The standard InChI is InChI=1S/C11H14BrNO/c1-13-8-4-5-9-14-11-7-3-2-6-10(11)12/h2-7,13H,8-9H2,1H3. The number of rotatable bonds is 5. The first kappa shape index (κ1) is 11.3. The average molecular weight is 256 g/mol. The van der Waals surface area contributed by atoms with Gasteiger partial charge >= 0.3 is 0 Å². The van der Waals surface area contributed by atoms with Crippen LogP contribution in [0.2, 0.25) is 0 Å². The third-order valence-electron chi connectivity index (χ3n) is 1.66. The number of halogens is 1. The van der Waals surface area contributed by atoms with Crippen molar-refractivity contribution < 1.29 is 4.74 Å². The quantitative estimate of drug-likeness (QED) is 0.817. The number of nitrogens with one attached hydrogen (secondary N) is 1. The number of hydrogen-bond donors (Lipinski definition) is 1. The van der Waals surface area contributed by atoms with Gasteiger partial charge in [-0.15, -0.1) is 0 Å². The lowest BCUT2D eigenvalue weighted by atomic mass is 10.3. The summed E-state index contributed by atoms with van der Waals surface area (Å²) in [6.07, 6.45) is 4.03. The van der Waals surface area contributed by atoms with Crippen molar-refractivity contribution in [3.63, 3.8) is 0 Å². The van der Waals surface area contributed by atoms with Gasteiger partial charge in [0.05, 0.1) is 4.47 Å². The SMILES string of the molecule is CNCC=CCOc1ccccc1Br. The molecule has 0 aliphatic rings. The first-order valence-electron chi connectivity index (χ1n) is 4.51. The van der Waals surface area contributed by atoms with Crippen molar-refractivity contribution in [2.45, 2.75) is 0 Å². The fourth-order valence-electron chi connectivity index (χ4n) is 0.969. The molecule has 0 saturated carbocycles. The van der Waals surface area contributed by atoms with Crippen molar-refractivity contribution in [3.8, 4) is 5.75 Å². The maximum atomic E-state index is 5.52. The van der Waals surface area contributed by atoms with Gasteiger partial charge < -0.3 is 10.1 Å². The normalized spacial score (nSPS) is 10.7. The zero-order chi connectivity index (χ0) is 10.2. The molecule has 0 spiro atoms. The fourth-order valence-corrected chi connectivity index (χ4v) is 1.37. The van der Waals surface area contributed by atoms with Crippen molar-refractivity contribution in [1.82, 2.24) is 5.32 Å². The summed E-state index contributed by atoms with van der Waals surface area (Å²) in [5.74, 6) is 0.876. The van der Waals surface area contributed by atoms with Gasteiger partial charge in [-0.3, -0.25) is 0 Å². The van der Waals surface area contributed by atoms with E-state index in [0.717, 1.165) is 16.8 Å². The summed E-state index contributed by atoms with van der Waals surface area (Å²) >= 11 is 3.42. The molecule has 0 bridgehead atoms. The van der Waals surface area contributed by atoms with Gasteiger partial charge in [-0.25, -0.2) is 0 Å². The minimum Gasteiger partial charge on any atom is -0.488 e. The Kier molecular flexibility index (Phi) is 5.33. The largest absolute Gasteiger partial charge is 0.488 e. The van der Waals surface area contributed by atoms with Crippen LogP contribution in [0.25, 0.3) is 0 Å². The van der Waals surface area contributed by atoms with Crippen molar-refractivity contribution in [1.29, 1.82) is 0 Å². The van der Waals surface area contributed by atoms with E-state index in [1.807, 2.05) is 43.5 Å². The van der Waals surface area contributed by atoms with Gasteiger partial charge in [0.1, 0.15) is 12.4 Å². The van der Waals surface area contributed by atoms with Crippen LogP contribution in [0.4, 0.5) is 0 Å². The number of hydrogen-bond acceptors (Lipinski definition) is 2. The molecular weight excluding hydrogens is 242 g/mol. The van der Waals surface area contributed by atoms with Crippen LogP contribution in [-0.4, -0.2) is 20.2 Å². The molecule has 0 aliphatic carbocycles. The van der Waals surface area contributed by atoms with E-state index in [1.165, 1.54) is 0 Å². The Labute approximate surface area is 93.1 Å². The number of para-hydroxylation sites is 1. The Morgan fingerprint density at radius 2 is 2.14 bits per heavy atom. The topological polar surface area (TPSA) is 21.3 Å². The Morgan fingerprint density at radius 1 is 1.36 bits per heavy atom. The van der Waals surface area contributed by atoms with E-state index < -0.39 is 0 Å². The highest BCUT2D eigenvalue weighted by Crippen LogP contribution is 2.23. The van der Waals surface area contributed by atoms with E-state index >= 15 is 0 Å². The summed E-state index contributed by atoms with van der Waals surface area (Å²) in [5.41, 5.74) is 0. The maximum absolute atomic E-state index is 5.52. The van der Waals surface area contributed by atoms with Crippen LogP contribution in [0, 0.1) is 0 Å². The van der Waals surface area contributed by atoms with Gasteiger partial charge in [-0.05, 0) is 35.1 Å². The second-order valence-electron chi connectivity index (χ2n) is 2.77.